The minimum atomic E-state index is 0.0539. The van der Waals surface area contributed by atoms with Gasteiger partial charge >= 0.3 is 0 Å². The molecular formula is C10H17NO2. The van der Waals surface area contributed by atoms with Gasteiger partial charge < -0.3 is 10.1 Å². The van der Waals surface area contributed by atoms with Gasteiger partial charge in [0.2, 0.25) is 5.91 Å². The van der Waals surface area contributed by atoms with Crippen LogP contribution in [0.3, 0.4) is 0 Å². The first-order chi connectivity index (χ1) is 6.22. The highest BCUT2D eigenvalue weighted by molar-refractivity contribution is 5.73. The van der Waals surface area contributed by atoms with E-state index in [0.29, 0.717) is 6.04 Å². The van der Waals surface area contributed by atoms with Crippen LogP contribution in [-0.2, 0) is 9.53 Å². The molecule has 0 aromatic heterocycles. The number of ether oxygens (including phenoxy) is 1. The summed E-state index contributed by atoms with van der Waals surface area (Å²) >= 11 is 0. The van der Waals surface area contributed by atoms with E-state index in [1.165, 1.54) is 0 Å². The van der Waals surface area contributed by atoms with E-state index >= 15 is 0 Å². The minimum Gasteiger partial charge on any atom is -0.499 e. The summed E-state index contributed by atoms with van der Waals surface area (Å²) in [5.41, 5.74) is 0. The molecular weight excluding hydrogens is 166 g/mol. The molecule has 0 bridgehead atoms. The average Bonchev–Trinajstić information content (AvgIpc) is 2.08. The van der Waals surface area contributed by atoms with Crippen LogP contribution < -0.4 is 5.32 Å². The van der Waals surface area contributed by atoms with Crippen molar-refractivity contribution in [1.29, 1.82) is 0 Å². The third-order valence-electron chi connectivity index (χ3n) is 2.11. The summed E-state index contributed by atoms with van der Waals surface area (Å²) in [7, 11) is 0. The maximum atomic E-state index is 10.8. The Morgan fingerprint density at radius 3 is 3.00 bits per heavy atom. The van der Waals surface area contributed by atoms with Gasteiger partial charge in [0, 0.05) is 19.4 Å². The predicted molar refractivity (Wildman–Crippen MR) is 51.2 cm³/mol. The van der Waals surface area contributed by atoms with Crippen LogP contribution in [0, 0.1) is 0 Å². The highest BCUT2D eigenvalue weighted by atomic mass is 16.5. The van der Waals surface area contributed by atoms with Gasteiger partial charge in [-0.25, -0.2) is 0 Å². The number of hydrogen-bond acceptors (Lipinski definition) is 2. The number of nitrogens with one attached hydrogen (secondary N) is 1. The predicted octanol–water partition coefficient (Wildman–Crippen LogP) is 1.60. The lowest BCUT2D eigenvalue weighted by Gasteiger charge is -2.22. The molecule has 74 valence electrons. The number of hydrogen-bond donors (Lipinski definition) is 1. The van der Waals surface area contributed by atoms with Gasteiger partial charge in [-0.2, -0.15) is 0 Å². The van der Waals surface area contributed by atoms with Crippen molar-refractivity contribution in [3.05, 3.63) is 11.8 Å². The van der Waals surface area contributed by atoms with Crippen LogP contribution in [0.25, 0.3) is 0 Å². The van der Waals surface area contributed by atoms with Gasteiger partial charge in [0.25, 0.3) is 0 Å². The fourth-order valence-electron chi connectivity index (χ4n) is 1.55. The van der Waals surface area contributed by atoms with Crippen LogP contribution in [0.5, 0.6) is 0 Å². The van der Waals surface area contributed by atoms with E-state index in [2.05, 4.69) is 11.4 Å². The second kappa shape index (κ2) is 4.90. The van der Waals surface area contributed by atoms with Crippen LogP contribution in [0.2, 0.25) is 0 Å². The lowest BCUT2D eigenvalue weighted by atomic mass is 10.0. The lowest BCUT2D eigenvalue weighted by molar-refractivity contribution is -0.119. The molecule has 1 N–H and O–H groups in total. The fraction of sp³-hybridized carbons (Fsp3) is 0.700. The van der Waals surface area contributed by atoms with Gasteiger partial charge in [0.05, 0.1) is 12.4 Å². The standard InChI is InChI=1S/C10H17NO2/c1-3-13-10-6-4-9(5-7-10)11-8(2)12/h6,9H,3-5,7H2,1-2H3,(H,11,12)/t9-/m0/s1. The summed E-state index contributed by atoms with van der Waals surface area (Å²) in [5, 5.41) is 2.91. The van der Waals surface area contributed by atoms with Gasteiger partial charge in [-0.05, 0) is 25.8 Å². The Kier molecular flexibility index (Phi) is 3.80. The van der Waals surface area contributed by atoms with E-state index in [-0.39, 0.29) is 5.91 Å². The smallest absolute Gasteiger partial charge is 0.217 e. The van der Waals surface area contributed by atoms with Crippen molar-refractivity contribution in [1.82, 2.24) is 5.32 Å². The molecule has 3 heteroatoms. The highest BCUT2D eigenvalue weighted by Gasteiger charge is 2.15. The second-order valence-electron chi connectivity index (χ2n) is 3.28. The quantitative estimate of drug-likeness (QED) is 0.721. The highest BCUT2D eigenvalue weighted by Crippen LogP contribution is 2.18. The van der Waals surface area contributed by atoms with E-state index in [1.54, 1.807) is 6.92 Å². The topological polar surface area (TPSA) is 38.3 Å². The monoisotopic (exact) mass is 183 g/mol. The summed E-state index contributed by atoms with van der Waals surface area (Å²) in [6, 6.07) is 0.307. The number of carbonyl (C=O) groups excluding carboxylic acids is 1. The molecule has 1 rings (SSSR count). The number of carbonyl (C=O) groups is 1. The summed E-state index contributed by atoms with van der Waals surface area (Å²) < 4.78 is 5.38. The average molecular weight is 183 g/mol. The first-order valence-electron chi connectivity index (χ1n) is 4.81. The molecule has 1 atom stereocenters. The van der Waals surface area contributed by atoms with Gasteiger partial charge in [0.15, 0.2) is 0 Å². The molecule has 0 aliphatic heterocycles. The molecule has 0 radical (unpaired) electrons. The summed E-state index contributed by atoms with van der Waals surface area (Å²) in [6.45, 7) is 4.28. The molecule has 13 heavy (non-hydrogen) atoms. The van der Waals surface area contributed by atoms with Crippen LogP contribution in [0.1, 0.15) is 33.1 Å². The Labute approximate surface area is 79.2 Å². The van der Waals surface area contributed by atoms with Crippen molar-refractivity contribution in [3.8, 4) is 0 Å². The number of rotatable bonds is 3. The second-order valence-corrected chi connectivity index (χ2v) is 3.28. The zero-order valence-electron chi connectivity index (χ0n) is 8.30. The maximum absolute atomic E-state index is 10.8. The van der Waals surface area contributed by atoms with Crippen molar-refractivity contribution < 1.29 is 9.53 Å². The largest absolute Gasteiger partial charge is 0.499 e. The van der Waals surface area contributed by atoms with E-state index in [0.717, 1.165) is 31.6 Å². The van der Waals surface area contributed by atoms with Gasteiger partial charge in [-0.1, -0.05) is 0 Å². The first-order valence-corrected chi connectivity index (χ1v) is 4.81. The fourth-order valence-corrected chi connectivity index (χ4v) is 1.55. The Bertz CT molecular complexity index is 211. The summed E-state index contributed by atoms with van der Waals surface area (Å²) in [6.07, 6.45) is 4.91. The SMILES string of the molecule is CCOC1=CC[C@H](NC(C)=O)CC1. The van der Waals surface area contributed by atoms with Crippen molar-refractivity contribution in [2.24, 2.45) is 0 Å². The molecule has 0 heterocycles. The zero-order valence-corrected chi connectivity index (χ0v) is 8.30. The normalized spacial score (nSPS) is 22.0. The molecule has 0 fully saturated rings. The third kappa shape index (κ3) is 3.49. The Hall–Kier alpha value is -0.990. The van der Waals surface area contributed by atoms with E-state index in [4.69, 9.17) is 4.74 Å². The first kappa shape index (κ1) is 10.1. The molecule has 1 aliphatic carbocycles. The van der Waals surface area contributed by atoms with Crippen LogP contribution in [-0.4, -0.2) is 18.6 Å². The minimum absolute atomic E-state index is 0.0539. The van der Waals surface area contributed by atoms with Crippen LogP contribution in [0.15, 0.2) is 11.8 Å². The molecule has 1 aliphatic rings. The molecule has 0 aromatic carbocycles. The van der Waals surface area contributed by atoms with Gasteiger partial charge in [-0.15, -0.1) is 0 Å². The Morgan fingerprint density at radius 1 is 1.77 bits per heavy atom. The summed E-state index contributed by atoms with van der Waals surface area (Å²) in [4.78, 5) is 10.8. The number of allylic oxidation sites excluding steroid dienone is 1. The van der Waals surface area contributed by atoms with Gasteiger partial charge in [0.1, 0.15) is 0 Å². The van der Waals surface area contributed by atoms with E-state index < -0.39 is 0 Å². The Morgan fingerprint density at radius 2 is 2.54 bits per heavy atom. The molecule has 0 aromatic rings. The van der Waals surface area contributed by atoms with Crippen molar-refractivity contribution >= 4 is 5.91 Å². The molecule has 0 saturated carbocycles. The van der Waals surface area contributed by atoms with Crippen molar-refractivity contribution in [3.63, 3.8) is 0 Å². The number of amides is 1. The molecule has 0 saturated heterocycles. The van der Waals surface area contributed by atoms with Crippen molar-refractivity contribution in [2.75, 3.05) is 6.61 Å². The van der Waals surface area contributed by atoms with E-state index in [9.17, 15) is 4.79 Å². The lowest BCUT2D eigenvalue weighted by Crippen LogP contribution is -2.34. The third-order valence-corrected chi connectivity index (χ3v) is 2.11. The summed E-state index contributed by atoms with van der Waals surface area (Å²) in [5.74, 6) is 1.13. The van der Waals surface area contributed by atoms with Crippen molar-refractivity contribution in [2.45, 2.75) is 39.2 Å². The molecule has 1 amide bonds. The maximum Gasteiger partial charge on any atom is 0.217 e. The molecule has 0 unspecified atom stereocenters. The molecule has 3 nitrogen and oxygen atoms in total. The van der Waals surface area contributed by atoms with Crippen LogP contribution >= 0.6 is 0 Å². The Balaban J connectivity index is 2.32. The molecule has 0 spiro atoms. The van der Waals surface area contributed by atoms with Crippen LogP contribution in [0.4, 0.5) is 0 Å². The van der Waals surface area contributed by atoms with Gasteiger partial charge in [-0.3, -0.25) is 4.79 Å². The zero-order chi connectivity index (χ0) is 9.68. The van der Waals surface area contributed by atoms with E-state index in [1.807, 2.05) is 6.92 Å².